The van der Waals surface area contributed by atoms with Crippen LogP contribution in [0.2, 0.25) is 0 Å². The van der Waals surface area contributed by atoms with Crippen LogP contribution < -0.4 is 11.5 Å². The molecule has 4 atom stereocenters. The zero-order valence-electron chi connectivity index (χ0n) is 12.0. The average molecular weight is 320 g/mol. The lowest BCUT2D eigenvalue weighted by molar-refractivity contribution is -0.0560. The van der Waals surface area contributed by atoms with Gasteiger partial charge in [0, 0.05) is 0 Å². The van der Waals surface area contributed by atoms with E-state index in [1.807, 2.05) is 0 Å². The highest BCUT2D eigenvalue weighted by atomic mass is 16.6. The molecule has 2 aromatic rings. The second-order valence-corrected chi connectivity index (χ2v) is 5.01. The number of aliphatic hydroxyl groups is 2. The third-order valence-corrected chi connectivity index (χ3v) is 3.59. The van der Waals surface area contributed by atoms with Gasteiger partial charge in [0.25, 0.3) is 0 Å². The normalized spacial score (nSPS) is 27.3. The van der Waals surface area contributed by atoms with E-state index in [2.05, 4.69) is 20.9 Å². The van der Waals surface area contributed by atoms with Gasteiger partial charge in [-0.05, 0) is 0 Å². The number of aromatic nitrogens is 4. The summed E-state index contributed by atoms with van der Waals surface area (Å²) >= 11 is 0. The molecule has 10 heteroatoms. The highest BCUT2D eigenvalue weighted by Crippen LogP contribution is 2.33. The zero-order chi connectivity index (χ0) is 16.6. The minimum atomic E-state index is -1.09. The largest absolute Gasteiger partial charge is 0.394 e. The van der Waals surface area contributed by atoms with Gasteiger partial charge in [0.15, 0.2) is 17.7 Å². The lowest BCUT2D eigenvalue weighted by Gasteiger charge is -2.18. The number of nitrogen functional groups attached to an aromatic ring is 2. The maximum atomic E-state index is 10.5. The van der Waals surface area contributed by atoms with Gasteiger partial charge in [-0.25, -0.2) is 4.98 Å². The van der Waals surface area contributed by atoms with Crippen molar-refractivity contribution in [2.75, 3.05) is 24.7 Å². The first-order valence-electron chi connectivity index (χ1n) is 6.81. The number of ether oxygens (including phenoxy) is 2. The molecule has 0 saturated carbocycles. The molecular formula is C13H16N6O4. The summed E-state index contributed by atoms with van der Waals surface area (Å²) in [5.74, 6) is 2.41. The van der Waals surface area contributed by atoms with Crippen molar-refractivity contribution in [3.05, 3.63) is 6.33 Å². The summed E-state index contributed by atoms with van der Waals surface area (Å²) in [6, 6.07) is 0. The number of imidazole rings is 1. The molecule has 10 nitrogen and oxygen atoms in total. The maximum absolute atomic E-state index is 10.5. The first-order chi connectivity index (χ1) is 11.1. The molecule has 1 aliphatic heterocycles. The molecule has 3 rings (SSSR count). The number of aliphatic hydroxyl groups excluding tert-OH is 2. The summed E-state index contributed by atoms with van der Waals surface area (Å²) in [5, 5.41) is 19.9. The minimum absolute atomic E-state index is 0.0128. The van der Waals surface area contributed by atoms with Crippen LogP contribution in [0.4, 0.5) is 11.8 Å². The summed E-state index contributed by atoms with van der Waals surface area (Å²) < 4.78 is 12.5. The molecule has 0 aromatic carbocycles. The summed E-state index contributed by atoms with van der Waals surface area (Å²) in [7, 11) is 0. The molecule has 4 unspecified atom stereocenters. The van der Waals surface area contributed by atoms with Crippen molar-refractivity contribution >= 4 is 22.9 Å². The van der Waals surface area contributed by atoms with Crippen molar-refractivity contribution in [3.63, 3.8) is 0 Å². The van der Waals surface area contributed by atoms with Crippen LogP contribution in [0.1, 0.15) is 6.23 Å². The van der Waals surface area contributed by atoms with Crippen molar-refractivity contribution in [2.24, 2.45) is 0 Å². The van der Waals surface area contributed by atoms with Gasteiger partial charge in [-0.2, -0.15) is 9.97 Å². The number of rotatable bonds is 4. The van der Waals surface area contributed by atoms with Gasteiger partial charge in [-0.15, -0.1) is 6.42 Å². The quantitative estimate of drug-likeness (QED) is 0.480. The van der Waals surface area contributed by atoms with Gasteiger partial charge in [-0.3, -0.25) is 4.57 Å². The fourth-order valence-electron chi connectivity index (χ4n) is 2.59. The Morgan fingerprint density at radius 2 is 2.22 bits per heavy atom. The standard InChI is InChI=1S/C13H16N6O4/c1-2-3-22-9-6(4-20)23-12(8(9)21)19-5-16-7-10(14)17-13(15)18-11(7)19/h1,5-6,8-9,12,20-21H,3-4H2,(H4,14,15,17,18). The number of terminal acetylenes is 1. The second-order valence-electron chi connectivity index (χ2n) is 5.01. The lowest BCUT2D eigenvalue weighted by Crippen LogP contribution is -2.36. The Kier molecular flexibility index (Phi) is 4.01. The molecule has 6 N–H and O–H groups in total. The molecule has 0 aliphatic carbocycles. The predicted octanol–water partition coefficient (Wildman–Crippen LogP) is -1.74. The van der Waals surface area contributed by atoms with E-state index in [0.29, 0.717) is 11.2 Å². The fraction of sp³-hybridized carbons (Fsp3) is 0.462. The number of nitrogens with zero attached hydrogens (tertiary/aromatic N) is 4. The van der Waals surface area contributed by atoms with E-state index < -0.39 is 24.5 Å². The van der Waals surface area contributed by atoms with E-state index in [-0.39, 0.29) is 25.0 Å². The molecule has 2 aromatic heterocycles. The summed E-state index contributed by atoms with van der Waals surface area (Å²) in [5.41, 5.74) is 12.0. The summed E-state index contributed by atoms with van der Waals surface area (Å²) in [4.78, 5) is 12.0. The van der Waals surface area contributed by atoms with Crippen molar-refractivity contribution in [2.45, 2.75) is 24.5 Å². The molecule has 0 spiro atoms. The van der Waals surface area contributed by atoms with Crippen LogP contribution in [0.25, 0.3) is 11.2 Å². The van der Waals surface area contributed by atoms with Crippen molar-refractivity contribution in [1.82, 2.24) is 19.5 Å². The Bertz CT molecular complexity index is 757. The Balaban J connectivity index is 1.97. The van der Waals surface area contributed by atoms with Crippen LogP contribution in [-0.4, -0.2) is 61.3 Å². The third-order valence-electron chi connectivity index (χ3n) is 3.59. The lowest BCUT2D eigenvalue weighted by atomic mass is 10.1. The number of anilines is 2. The van der Waals surface area contributed by atoms with E-state index >= 15 is 0 Å². The topological polar surface area (TPSA) is 155 Å². The number of nitrogens with two attached hydrogens (primary N) is 2. The first kappa shape index (κ1) is 15.4. The highest BCUT2D eigenvalue weighted by molar-refractivity contribution is 5.82. The van der Waals surface area contributed by atoms with E-state index in [0.717, 1.165) is 0 Å². The minimum Gasteiger partial charge on any atom is -0.394 e. The van der Waals surface area contributed by atoms with Crippen LogP contribution in [0.3, 0.4) is 0 Å². The molecule has 0 radical (unpaired) electrons. The average Bonchev–Trinajstić information content (AvgIpc) is 3.06. The molecule has 0 amide bonds. The van der Waals surface area contributed by atoms with Crippen LogP contribution in [0.15, 0.2) is 6.33 Å². The smallest absolute Gasteiger partial charge is 0.224 e. The number of hydrogen-bond acceptors (Lipinski definition) is 9. The van der Waals surface area contributed by atoms with E-state index in [9.17, 15) is 10.2 Å². The molecule has 0 bridgehead atoms. The van der Waals surface area contributed by atoms with Gasteiger partial charge < -0.3 is 31.2 Å². The Labute approximate surface area is 131 Å². The predicted molar refractivity (Wildman–Crippen MR) is 79.7 cm³/mol. The molecule has 23 heavy (non-hydrogen) atoms. The Hall–Kier alpha value is -2.45. The third kappa shape index (κ3) is 2.55. The summed E-state index contributed by atoms with van der Waals surface area (Å²) in [6.45, 7) is -0.351. The van der Waals surface area contributed by atoms with E-state index in [4.69, 9.17) is 27.4 Å². The summed E-state index contributed by atoms with van der Waals surface area (Å²) in [6.07, 6.45) is 3.07. The first-order valence-corrected chi connectivity index (χ1v) is 6.81. The van der Waals surface area contributed by atoms with E-state index in [1.165, 1.54) is 10.9 Å². The molecular weight excluding hydrogens is 304 g/mol. The van der Waals surface area contributed by atoms with Crippen molar-refractivity contribution in [1.29, 1.82) is 0 Å². The van der Waals surface area contributed by atoms with Crippen LogP contribution >= 0.6 is 0 Å². The monoisotopic (exact) mass is 320 g/mol. The van der Waals surface area contributed by atoms with Crippen molar-refractivity contribution in [3.8, 4) is 12.3 Å². The highest BCUT2D eigenvalue weighted by Gasteiger charge is 2.45. The van der Waals surface area contributed by atoms with E-state index in [1.54, 1.807) is 0 Å². The zero-order valence-corrected chi connectivity index (χ0v) is 12.0. The van der Waals surface area contributed by atoms with Crippen LogP contribution in [0.5, 0.6) is 0 Å². The van der Waals surface area contributed by atoms with Gasteiger partial charge in [0.1, 0.15) is 30.4 Å². The number of fused-ring (bicyclic) bond motifs is 1. The molecule has 122 valence electrons. The SMILES string of the molecule is C#CCOC1C(CO)OC(n2cnc3c(N)nc(N)nc32)C1O. The molecule has 3 heterocycles. The number of hydrogen-bond donors (Lipinski definition) is 4. The fourth-order valence-corrected chi connectivity index (χ4v) is 2.59. The Morgan fingerprint density at radius 1 is 1.43 bits per heavy atom. The Morgan fingerprint density at radius 3 is 2.91 bits per heavy atom. The van der Waals surface area contributed by atoms with Gasteiger partial charge >= 0.3 is 0 Å². The molecule has 1 fully saturated rings. The maximum Gasteiger partial charge on any atom is 0.224 e. The molecule has 1 saturated heterocycles. The van der Waals surface area contributed by atoms with Crippen molar-refractivity contribution < 1.29 is 19.7 Å². The van der Waals surface area contributed by atoms with Crippen LogP contribution in [0, 0.1) is 12.3 Å². The second kappa shape index (κ2) is 5.98. The van der Waals surface area contributed by atoms with Gasteiger partial charge in [-0.1, -0.05) is 5.92 Å². The molecule has 1 aliphatic rings. The van der Waals surface area contributed by atoms with Gasteiger partial charge in [0.2, 0.25) is 5.95 Å². The van der Waals surface area contributed by atoms with Crippen LogP contribution in [-0.2, 0) is 9.47 Å². The van der Waals surface area contributed by atoms with Gasteiger partial charge in [0.05, 0.1) is 12.9 Å².